The summed E-state index contributed by atoms with van der Waals surface area (Å²) in [7, 11) is 0. The van der Waals surface area contributed by atoms with Crippen LogP contribution in [0, 0.1) is 10.1 Å². The van der Waals surface area contributed by atoms with Gasteiger partial charge in [-0.1, -0.05) is 13.0 Å². The molecule has 0 atom stereocenters. The number of carbonyl (C=O) groups excluding carboxylic acids is 3. The average Bonchev–Trinajstić information content (AvgIpc) is 2.66. The van der Waals surface area contributed by atoms with E-state index in [1.165, 1.54) is 30.3 Å². The third kappa shape index (κ3) is 4.87. The fraction of sp³-hybridized carbons (Fsp3) is 0.118. The quantitative estimate of drug-likeness (QED) is 0.557. The summed E-state index contributed by atoms with van der Waals surface area (Å²) in [5.41, 5.74) is 5.03. The number of nitrogens with one attached hydrogen (secondary N) is 3. The largest absolute Gasteiger partial charge is 0.326 e. The van der Waals surface area contributed by atoms with E-state index < -0.39 is 16.7 Å². The zero-order valence-electron chi connectivity index (χ0n) is 13.8. The topological polar surface area (TPSA) is 130 Å². The molecule has 3 N–H and O–H groups in total. The molecule has 0 aliphatic heterocycles. The second-order valence-corrected chi connectivity index (χ2v) is 5.19. The number of nitrogens with zero attached hydrogens (tertiary/aromatic N) is 1. The first-order valence-corrected chi connectivity index (χ1v) is 7.65. The number of hydrogen-bond acceptors (Lipinski definition) is 5. The first kappa shape index (κ1) is 18.6. The van der Waals surface area contributed by atoms with Crippen LogP contribution in [0.15, 0.2) is 48.5 Å². The normalized spacial score (nSPS) is 9.88. The Labute approximate surface area is 148 Å². The number of hydrazine groups is 1. The standard InChI is InChI=1S/C17H16N4O5/c1-2-15(22)18-13-8-6-11(7-9-13)16(23)19-20-17(24)12-4-3-5-14(10-12)21(25)26/h3-10H,2H2,1H3,(H,18,22)(H,19,23)(H,20,24). The highest BCUT2D eigenvalue weighted by Gasteiger charge is 2.13. The Bertz CT molecular complexity index is 848. The summed E-state index contributed by atoms with van der Waals surface area (Å²) >= 11 is 0. The van der Waals surface area contributed by atoms with Crippen LogP contribution in [0.25, 0.3) is 0 Å². The third-order valence-electron chi connectivity index (χ3n) is 3.36. The molecule has 0 aliphatic rings. The van der Waals surface area contributed by atoms with Gasteiger partial charge in [0.2, 0.25) is 5.91 Å². The Balaban J connectivity index is 1.95. The molecule has 2 rings (SSSR count). The zero-order valence-corrected chi connectivity index (χ0v) is 13.8. The van der Waals surface area contributed by atoms with Crippen LogP contribution in [0.5, 0.6) is 0 Å². The van der Waals surface area contributed by atoms with Gasteiger partial charge in [-0.15, -0.1) is 0 Å². The summed E-state index contributed by atoms with van der Waals surface area (Å²) in [6.45, 7) is 1.72. The van der Waals surface area contributed by atoms with Gasteiger partial charge in [-0.2, -0.15) is 0 Å². The van der Waals surface area contributed by atoms with Crippen molar-refractivity contribution in [1.82, 2.24) is 10.9 Å². The maximum absolute atomic E-state index is 12.0. The number of benzene rings is 2. The Kier molecular flexibility index (Phi) is 5.99. The van der Waals surface area contributed by atoms with Crippen molar-refractivity contribution in [2.75, 3.05) is 5.32 Å². The van der Waals surface area contributed by atoms with Crippen LogP contribution in [0.1, 0.15) is 34.1 Å². The van der Waals surface area contributed by atoms with Crippen molar-refractivity contribution in [2.24, 2.45) is 0 Å². The molecule has 0 aromatic heterocycles. The lowest BCUT2D eigenvalue weighted by atomic mass is 10.2. The molecular weight excluding hydrogens is 340 g/mol. The number of anilines is 1. The maximum atomic E-state index is 12.0. The van der Waals surface area contributed by atoms with Gasteiger partial charge in [-0.3, -0.25) is 35.3 Å². The van der Waals surface area contributed by atoms with Gasteiger partial charge in [0.05, 0.1) is 4.92 Å². The molecular formula is C17H16N4O5. The maximum Gasteiger partial charge on any atom is 0.270 e. The first-order valence-electron chi connectivity index (χ1n) is 7.65. The summed E-state index contributed by atoms with van der Waals surface area (Å²) in [6, 6.07) is 11.2. The predicted octanol–water partition coefficient (Wildman–Crippen LogP) is 2.02. The lowest BCUT2D eigenvalue weighted by Crippen LogP contribution is -2.41. The molecule has 0 spiro atoms. The van der Waals surface area contributed by atoms with Gasteiger partial charge in [-0.05, 0) is 30.3 Å². The van der Waals surface area contributed by atoms with Gasteiger partial charge in [0, 0.05) is 35.4 Å². The Morgan fingerprint density at radius 1 is 0.962 bits per heavy atom. The number of amides is 3. The van der Waals surface area contributed by atoms with E-state index in [0.717, 1.165) is 6.07 Å². The molecule has 9 heteroatoms. The van der Waals surface area contributed by atoms with E-state index in [1.807, 2.05) is 0 Å². The molecule has 134 valence electrons. The van der Waals surface area contributed by atoms with E-state index in [1.54, 1.807) is 19.1 Å². The van der Waals surface area contributed by atoms with E-state index in [2.05, 4.69) is 16.2 Å². The van der Waals surface area contributed by atoms with Gasteiger partial charge in [0.1, 0.15) is 0 Å². The predicted molar refractivity (Wildman–Crippen MR) is 93.4 cm³/mol. The summed E-state index contributed by atoms with van der Waals surface area (Å²) in [6.07, 6.45) is 0.339. The molecule has 9 nitrogen and oxygen atoms in total. The second kappa shape index (κ2) is 8.38. The summed E-state index contributed by atoms with van der Waals surface area (Å²) in [4.78, 5) is 45.4. The van der Waals surface area contributed by atoms with E-state index in [4.69, 9.17) is 0 Å². The number of nitro groups is 1. The Hall–Kier alpha value is -3.75. The smallest absolute Gasteiger partial charge is 0.270 e. The van der Waals surface area contributed by atoms with Gasteiger partial charge in [-0.25, -0.2) is 0 Å². The van der Waals surface area contributed by atoms with E-state index >= 15 is 0 Å². The lowest BCUT2D eigenvalue weighted by molar-refractivity contribution is -0.384. The van der Waals surface area contributed by atoms with Gasteiger partial charge in [0.15, 0.2) is 0 Å². The van der Waals surface area contributed by atoms with Crippen LogP contribution in [-0.4, -0.2) is 22.6 Å². The summed E-state index contributed by atoms with van der Waals surface area (Å²) < 4.78 is 0. The first-order chi connectivity index (χ1) is 12.4. The van der Waals surface area contributed by atoms with Gasteiger partial charge >= 0.3 is 0 Å². The van der Waals surface area contributed by atoms with Crippen molar-refractivity contribution in [3.8, 4) is 0 Å². The van der Waals surface area contributed by atoms with Crippen LogP contribution in [-0.2, 0) is 4.79 Å². The highest BCUT2D eigenvalue weighted by molar-refractivity contribution is 5.99. The number of non-ortho nitro benzene ring substituents is 1. The highest BCUT2D eigenvalue weighted by Crippen LogP contribution is 2.13. The van der Waals surface area contributed by atoms with Crippen molar-refractivity contribution in [1.29, 1.82) is 0 Å². The highest BCUT2D eigenvalue weighted by atomic mass is 16.6. The number of nitro benzene ring substituents is 1. The van der Waals surface area contributed by atoms with Crippen molar-refractivity contribution in [2.45, 2.75) is 13.3 Å². The molecule has 2 aromatic carbocycles. The molecule has 0 fully saturated rings. The molecule has 0 heterocycles. The van der Waals surface area contributed by atoms with E-state index in [-0.39, 0.29) is 22.7 Å². The minimum Gasteiger partial charge on any atom is -0.326 e. The molecule has 0 aliphatic carbocycles. The van der Waals surface area contributed by atoms with Crippen LogP contribution in [0.2, 0.25) is 0 Å². The molecule has 3 amide bonds. The fourth-order valence-corrected chi connectivity index (χ4v) is 1.97. The summed E-state index contributed by atoms with van der Waals surface area (Å²) in [5, 5.41) is 13.4. The van der Waals surface area contributed by atoms with Crippen LogP contribution in [0.3, 0.4) is 0 Å². The fourth-order valence-electron chi connectivity index (χ4n) is 1.97. The van der Waals surface area contributed by atoms with Crippen molar-refractivity contribution < 1.29 is 19.3 Å². The molecule has 0 saturated carbocycles. The second-order valence-electron chi connectivity index (χ2n) is 5.19. The minimum absolute atomic E-state index is 0.0390. The van der Waals surface area contributed by atoms with E-state index in [9.17, 15) is 24.5 Å². The lowest BCUT2D eigenvalue weighted by Gasteiger charge is -2.08. The SMILES string of the molecule is CCC(=O)Nc1ccc(C(=O)NNC(=O)c2cccc([N+](=O)[O-])c2)cc1. The summed E-state index contributed by atoms with van der Waals surface area (Å²) in [5.74, 6) is -1.41. The van der Waals surface area contributed by atoms with Crippen molar-refractivity contribution >= 4 is 29.1 Å². The van der Waals surface area contributed by atoms with Crippen molar-refractivity contribution in [3.63, 3.8) is 0 Å². The van der Waals surface area contributed by atoms with E-state index in [0.29, 0.717) is 12.1 Å². The third-order valence-corrected chi connectivity index (χ3v) is 3.36. The van der Waals surface area contributed by atoms with Crippen LogP contribution in [0.4, 0.5) is 11.4 Å². The molecule has 2 aromatic rings. The average molecular weight is 356 g/mol. The van der Waals surface area contributed by atoms with Gasteiger partial charge < -0.3 is 5.32 Å². The van der Waals surface area contributed by atoms with Crippen molar-refractivity contribution in [3.05, 3.63) is 69.8 Å². The Morgan fingerprint density at radius 3 is 2.15 bits per heavy atom. The van der Waals surface area contributed by atoms with Gasteiger partial charge in [0.25, 0.3) is 17.5 Å². The minimum atomic E-state index is -0.686. The van der Waals surface area contributed by atoms with Crippen LogP contribution >= 0.6 is 0 Å². The molecule has 26 heavy (non-hydrogen) atoms. The molecule has 0 bridgehead atoms. The number of hydrogen-bond donors (Lipinski definition) is 3. The molecule has 0 radical (unpaired) electrons. The molecule has 0 unspecified atom stereocenters. The number of carbonyl (C=O) groups is 3. The zero-order chi connectivity index (χ0) is 19.1. The Morgan fingerprint density at radius 2 is 1.58 bits per heavy atom. The van der Waals surface area contributed by atoms with Crippen LogP contribution < -0.4 is 16.2 Å². The monoisotopic (exact) mass is 356 g/mol. The number of rotatable bonds is 5. The molecule has 0 saturated heterocycles.